The van der Waals surface area contributed by atoms with Crippen LogP contribution in [0.3, 0.4) is 0 Å². The zero-order chi connectivity index (χ0) is 25.7. The first-order chi connectivity index (χ1) is 17.0. The smallest absolute Gasteiger partial charge is 0.266 e. The van der Waals surface area contributed by atoms with E-state index in [9.17, 15) is 18.3 Å². The van der Waals surface area contributed by atoms with Gasteiger partial charge in [-0.15, -0.1) is 0 Å². The minimum atomic E-state index is -2.73. The van der Waals surface area contributed by atoms with E-state index in [1.54, 1.807) is 34.5 Å². The lowest BCUT2D eigenvalue weighted by Crippen LogP contribution is -2.52. The molecule has 8 nitrogen and oxygen atoms in total. The molecule has 0 aromatic carbocycles. The van der Waals surface area contributed by atoms with Gasteiger partial charge >= 0.3 is 0 Å². The van der Waals surface area contributed by atoms with Crippen LogP contribution >= 0.6 is 0 Å². The molecule has 0 aliphatic carbocycles. The van der Waals surface area contributed by atoms with Crippen molar-refractivity contribution in [2.75, 3.05) is 41.3 Å². The van der Waals surface area contributed by atoms with Gasteiger partial charge in [0.05, 0.1) is 19.2 Å². The van der Waals surface area contributed by atoms with Crippen molar-refractivity contribution in [1.82, 2.24) is 19.9 Å². The van der Waals surface area contributed by atoms with E-state index in [0.29, 0.717) is 29.9 Å². The lowest BCUT2D eigenvalue weighted by atomic mass is 9.94. The van der Waals surface area contributed by atoms with Gasteiger partial charge in [0.2, 0.25) is 5.95 Å². The average Bonchev–Trinajstić information content (AvgIpc) is 3.19. The fourth-order valence-electron chi connectivity index (χ4n) is 4.85. The molecule has 0 amide bonds. The number of aromatic nitrogens is 4. The topological polar surface area (TPSA) is 90.3 Å². The highest BCUT2D eigenvalue weighted by molar-refractivity contribution is 5.95. The van der Waals surface area contributed by atoms with E-state index in [1.165, 1.54) is 6.92 Å². The summed E-state index contributed by atoms with van der Waals surface area (Å²) in [6, 6.07) is 3.57. The number of nitrogens with zero attached hydrogens (tertiary/aromatic N) is 6. The zero-order valence-electron chi connectivity index (χ0n) is 20.5. The molecule has 2 atom stereocenters. The summed E-state index contributed by atoms with van der Waals surface area (Å²) < 4.78 is 42.4. The number of hydrogen-bond acceptors (Lipinski definition) is 8. The Labute approximate surface area is 207 Å². The van der Waals surface area contributed by atoms with Crippen molar-refractivity contribution in [3.05, 3.63) is 36.3 Å². The molecular formula is C25H30F3N7O. The molecule has 0 saturated carbocycles. The molecule has 0 spiro atoms. The van der Waals surface area contributed by atoms with Crippen LogP contribution in [0.1, 0.15) is 45.1 Å². The van der Waals surface area contributed by atoms with Crippen LogP contribution in [0.15, 0.2) is 30.7 Å². The SMILES string of the molecule is CC(C)c1cnc(N2CCC(F)(F)C2)c2cnc(Nc3ccnc(N4CC[C@@H](O)[C@@](C)(F)C4)n3)cc12. The van der Waals surface area contributed by atoms with E-state index >= 15 is 0 Å². The molecule has 0 unspecified atom stereocenters. The first kappa shape index (κ1) is 24.5. The van der Waals surface area contributed by atoms with Crippen molar-refractivity contribution in [3.8, 4) is 0 Å². The van der Waals surface area contributed by atoms with Crippen LogP contribution in [0, 0.1) is 0 Å². The van der Waals surface area contributed by atoms with Crippen molar-refractivity contribution < 1.29 is 18.3 Å². The van der Waals surface area contributed by atoms with Crippen LogP contribution in [0.2, 0.25) is 0 Å². The van der Waals surface area contributed by atoms with E-state index in [1.807, 2.05) is 6.07 Å². The maximum absolute atomic E-state index is 14.7. The fourth-order valence-corrected chi connectivity index (χ4v) is 4.85. The van der Waals surface area contributed by atoms with Crippen molar-refractivity contribution in [2.24, 2.45) is 0 Å². The van der Waals surface area contributed by atoms with Gasteiger partial charge in [0, 0.05) is 43.5 Å². The third kappa shape index (κ3) is 4.76. The monoisotopic (exact) mass is 501 g/mol. The van der Waals surface area contributed by atoms with Crippen molar-refractivity contribution in [1.29, 1.82) is 0 Å². The van der Waals surface area contributed by atoms with Crippen LogP contribution in [0.25, 0.3) is 10.8 Å². The van der Waals surface area contributed by atoms with Crippen LogP contribution in [0.5, 0.6) is 0 Å². The van der Waals surface area contributed by atoms with E-state index in [0.717, 1.165) is 16.3 Å². The lowest BCUT2D eigenvalue weighted by molar-refractivity contribution is -0.00860. The normalized spacial score (nSPS) is 24.1. The summed E-state index contributed by atoms with van der Waals surface area (Å²) in [5.41, 5.74) is -0.758. The highest BCUT2D eigenvalue weighted by Crippen LogP contribution is 2.37. The zero-order valence-corrected chi connectivity index (χ0v) is 20.5. The summed E-state index contributed by atoms with van der Waals surface area (Å²) in [7, 11) is 0. The molecule has 2 N–H and O–H groups in total. The second-order valence-corrected chi connectivity index (χ2v) is 10.2. The van der Waals surface area contributed by atoms with Gasteiger partial charge in [-0.2, -0.15) is 4.98 Å². The van der Waals surface area contributed by atoms with Gasteiger partial charge in [0.1, 0.15) is 17.5 Å². The summed E-state index contributed by atoms with van der Waals surface area (Å²) in [5, 5.41) is 14.7. The second kappa shape index (κ2) is 9.02. The van der Waals surface area contributed by atoms with Crippen molar-refractivity contribution >= 4 is 34.2 Å². The lowest BCUT2D eigenvalue weighted by Gasteiger charge is -2.38. The number of fused-ring (bicyclic) bond motifs is 1. The van der Waals surface area contributed by atoms with Crippen LogP contribution < -0.4 is 15.1 Å². The van der Waals surface area contributed by atoms with Crippen LogP contribution in [0.4, 0.5) is 36.6 Å². The predicted octanol–water partition coefficient (Wildman–Crippen LogP) is 4.43. The number of halogens is 3. The minimum absolute atomic E-state index is 0.00504. The molecule has 11 heteroatoms. The Balaban J connectivity index is 1.44. The number of hydrogen-bond donors (Lipinski definition) is 2. The summed E-state index contributed by atoms with van der Waals surface area (Å²) in [6.07, 6.45) is 4.08. The molecule has 0 bridgehead atoms. The first-order valence-electron chi connectivity index (χ1n) is 12.2. The highest BCUT2D eigenvalue weighted by Gasteiger charge is 2.40. The Kier molecular flexibility index (Phi) is 6.14. The summed E-state index contributed by atoms with van der Waals surface area (Å²) >= 11 is 0. The average molecular weight is 502 g/mol. The molecule has 0 radical (unpaired) electrons. The van der Waals surface area contributed by atoms with Gasteiger partial charge in [-0.25, -0.2) is 28.1 Å². The van der Waals surface area contributed by atoms with E-state index in [2.05, 4.69) is 39.1 Å². The van der Waals surface area contributed by atoms with Gasteiger partial charge < -0.3 is 20.2 Å². The molecule has 2 saturated heterocycles. The molecular weight excluding hydrogens is 471 g/mol. The van der Waals surface area contributed by atoms with Crippen LogP contribution in [-0.2, 0) is 0 Å². The van der Waals surface area contributed by atoms with Gasteiger partial charge in [0.25, 0.3) is 5.92 Å². The van der Waals surface area contributed by atoms with Crippen LogP contribution in [-0.4, -0.2) is 68.9 Å². The third-order valence-corrected chi connectivity index (χ3v) is 6.92. The number of aliphatic hydroxyl groups excluding tert-OH is 1. The molecule has 2 aliphatic rings. The highest BCUT2D eigenvalue weighted by atomic mass is 19.3. The summed E-state index contributed by atoms with van der Waals surface area (Å²) in [5.74, 6) is -0.673. The van der Waals surface area contributed by atoms with E-state index < -0.39 is 17.7 Å². The maximum atomic E-state index is 14.7. The molecule has 192 valence electrons. The van der Waals surface area contributed by atoms with Crippen molar-refractivity contribution in [3.63, 3.8) is 0 Å². The molecule has 5 rings (SSSR count). The quantitative estimate of drug-likeness (QED) is 0.531. The number of anilines is 4. The third-order valence-electron chi connectivity index (χ3n) is 6.92. The minimum Gasteiger partial charge on any atom is -0.390 e. The molecule has 2 fully saturated rings. The predicted molar refractivity (Wildman–Crippen MR) is 133 cm³/mol. The Morgan fingerprint density at radius 3 is 2.53 bits per heavy atom. The van der Waals surface area contributed by atoms with Crippen molar-refractivity contribution in [2.45, 2.75) is 57.2 Å². The summed E-state index contributed by atoms with van der Waals surface area (Å²) in [6.45, 7) is 5.81. The molecule has 2 aliphatic heterocycles. The Hall–Kier alpha value is -3.21. The molecule has 3 aromatic heterocycles. The number of piperidine rings is 1. The largest absolute Gasteiger partial charge is 0.390 e. The second-order valence-electron chi connectivity index (χ2n) is 10.2. The fraction of sp³-hybridized carbons (Fsp3) is 0.520. The molecule has 36 heavy (non-hydrogen) atoms. The van der Waals surface area contributed by atoms with Gasteiger partial charge in [-0.1, -0.05) is 13.8 Å². The molecule has 5 heterocycles. The maximum Gasteiger partial charge on any atom is 0.266 e. The number of pyridine rings is 2. The van der Waals surface area contributed by atoms with Gasteiger partial charge in [-0.05, 0) is 42.3 Å². The van der Waals surface area contributed by atoms with Gasteiger partial charge in [0.15, 0.2) is 5.67 Å². The Bertz CT molecular complexity index is 1270. The number of rotatable bonds is 5. The Morgan fingerprint density at radius 2 is 1.83 bits per heavy atom. The number of aliphatic hydroxyl groups is 1. The van der Waals surface area contributed by atoms with E-state index in [-0.39, 0.29) is 38.4 Å². The standard InChI is InChI=1S/C25H30F3N7O/c1-15(2)17-11-31-22(34-9-6-25(27,28)14-34)18-12-30-21(10-16(17)18)32-20-4-7-29-23(33-20)35-8-5-19(36)24(3,26)13-35/h4,7,10-12,15,19,36H,5-6,8-9,13-14H2,1-3H3,(H,29,30,32,33)/t19-,24+/m1/s1. The van der Waals surface area contributed by atoms with E-state index in [4.69, 9.17) is 0 Å². The number of alkyl halides is 3. The summed E-state index contributed by atoms with van der Waals surface area (Å²) in [4.78, 5) is 21.2. The van der Waals surface area contributed by atoms with Gasteiger partial charge in [-0.3, -0.25) is 0 Å². The first-order valence-corrected chi connectivity index (χ1v) is 12.2. The molecule has 3 aromatic rings. The Morgan fingerprint density at radius 1 is 1.03 bits per heavy atom. The number of nitrogens with one attached hydrogen (secondary N) is 1.